The normalized spacial score (nSPS) is 10.2. The lowest BCUT2D eigenvalue weighted by atomic mass is 10.2. The van der Waals surface area contributed by atoms with Gasteiger partial charge in [0.05, 0.1) is 20.3 Å². The molecule has 0 aliphatic carbocycles. The van der Waals surface area contributed by atoms with Gasteiger partial charge in [-0.2, -0.15) is 0 Å². The van der Waals surface area contributed by atoms with Crippen LogP contribution in [0.1, 0.15) is 49.0 Å². The smallest absolute Gasteiger partial charge is 0.257 e. The summed E-state index contributed by atoms with van der Waals surface area (Å²) in [5.74, 6) is 1.86. The molecular weight excluding hydrogens is 400 g/mol. The van der Waals surface area contributed by atoms with E-state index in [0.717, 1.165) is 36.3 Å². The number of carbonyl (C=O) groups is 1. The Labute approximate surface area is 183 Å². The number of rotatable bonds is 11. The third-order valence-corrected chi connectivity index (χ3v) is 4.50. The quantitative estimate of drug-likeness (QED) is 0.405. The highest BCUT2D eigenvalue weighted by Crippen LogP contribution is 2.28. The SMILES string of the molecule is CCCCOc1ccc(CNC(=S)NC(=O)c2ccc(OCCC)cc2)cc1OC. The molecular formula is C23H30N2O4S. The number of hydrogen-bond acceptors (Lipinski definition) is 5. The lowest BCUT2D eigenvalue weighted by molar-refractivity contribution is 0.0976. The zero-order valence-corrected chi connectivity index (χ0v) is 18.6. The Bertz CT molecular complexity index is 824. The number of ether oxygens (including phenoxy) is 3. The summed E-state index contributed by atoms with van der Waals surface area (Å²) in [6.45, 7) is 5.92. The number of amides is 1. The minimum absolute atomic E-state index is 0.258. The Balaban J connectivity index is 1.85. The van der Waals surface area contributed by atoms with E-state index in [-0.39, 0.29) is 11.0 Å². The van der Waals surface area contributed by atoms with Gasteiger partial charge in [0.1, 0.15) is 5.75 Å². The second kappa shape index (κ2) is 12.7. The third-order valence-electron chi connectivity index (χ3n) is 4.25. The van der Waals surface area contributed by atoms with E-state index in [0.29, 0.717) is 31.1 Å². The van der Waals surface area contributed by atoms with E-state index in [9.17, 15) is 4.79 Å². The summed E-state index contributed by atoms with van der Waals surface area (Å²) in [6, 6.07) is 12.7. The number of unbranched alkanes of at least 4 members (excludes halogenated alkanes) is 1. The number of methoxy groups -OCH3 is 1. The average Bonchev–Trinajstić information content (AvgIpc) is 2.77. The Morgan fingerprint density at radius 1 is 0.967 bits per heavy atom. The molecule has 162 valence electrons. The highest BCUT2D eigenvalue weighted by atomic mass is 32.1. The van der Waals surface area contributed by atoms with Crippen molar-refractivity contribution in [1.29, 1.82) is 0 Å². The predicted molar refractivity (Wildman–Crippen MR) is 123 cm³/mol. The Hall–Kier alpha value is -2.80. The second-order valence-corrected chi connectivity index (χ2v) is 7.11. The van der Waals surface area contributed by atoms with E-state index < -0.39 is 0 Å². The summed E-state index contributed by atoms with van der Waals surface area (Å²) in [5, 5.41) is 5.99. The molecule has 0 bridgehead atoms. The molecule has 0 radical (unpaired) electrons. The van der Waals surface area contributed by atoms with E-state index >= 15 is 0 Å². The van der Waals surface area contributed by atoms with E-state index in [1.54, 1.807) is 31.4 Å². The molecule has 0 aromatic heterocycles. The van der Waals surface area contributed by atoms with Gasteiger partial charge in [-0.25, -0.2) is 0 Å². The van der Waals surface area contributed by atoms with Crippen LogP contribution in [0.4, 0.5) is 0 Å². The summed E-state index contributed by atoms with van der Waals surface area (Å²) in [4.78, 5) is 12.3. The van der Waals surface area contributed by atoms with Crippen LogP contribution in [0.3, 0.4) is 0 Å². The maximum absolute atomic E-state index is 12.3. The first-order valence-corrected chi connectivity index (χ1v) is 10.6. The van der Waals surface area contributed by atoms with Crippen molar-refractivity contribution in [2.75, 3.05) is 20.3 Å². The lowest BCUT2D eigenvalue weighted by Gasteiger charge is -2.13. The molecule has 0 aliphatic rings. The largest absolute Gasteiger partial charge is 0.494 e. The maximum Gasteiger partial charge on any atom is 0.257 e. The summed E-state index contributed by atoms with van der Waals surface area (Å²) < 4.78 is 16.7. The average molecular weight is 431 g/mol. The zero-order valence-electron chi connectivity index (χ0n) is 17.8. The maximum atomic E-state index is 12.3. The first kappa shape index (κ1) is 23.5. The first-order valence-electron chi connectivity index (χ1n) is 10.2. The van der Waals surface area contributed by atoms with Crippen LogP contribution in [0.5, 0.6) is 17.2 Å². The van der Waals surface area contributed by atoms with Crippen LogP contribution in [-0.2, 0) is 6.54 Å². The zero-order chi connectivity index (χ0) is 21.8. The van der Waals surface area contributed by atoms with Gasteiger partial charge in [0.2, 0.25) is 0 Å². The van der Waals surface area contributed by atoms with Crippen LogP contribution in [0.15, 0.2) is 42.5 Å². The van der Waals surface area contributed by atoms with Crippen molar-refractivity contribution >= 4 is 23.2 Å². The van der Waals surface area contributed by atoms with Gasteiger partial charge in [-0.1, -0.05) is 26.3 Å². The molecule has 2 aromatic rings. The molecule has 2 aromatic carbocycles. The van der Waals surface area contributed by atoms with Gasteiger partial charge >= 0.3 is 0 Å². The van der Waals surface area contributed by atoms with Crippen molar-refractivity contribution in [3.63, 3.8) is 0 Å². The van der Waals surface area contributed by atoms with E-state index in [1.807, 2.05) is 25.1 Å². The topological polar surface area (TPSA) is 68.8 Å². The molecule has 7 heteroatoms. The molecule has 2 rings (SSSR count). The number of nitrogens with one attached hydrogen (secondary N) is 2. The molecule has 0 fully saturated rings. The number of hydrogen-bond donors (Lipinski definition) is 2. The summed E-state index contributed by atoms with van der Waals surface area (Å²) in [7, 11) is 1.61. The highest BCUT2D eigenvalue weighted by Gasteiger charge is 2.09. The van der Waals surface area contributed by atoms with Crippen molar-refractivity contribution in [1.82, 2.24) is 10.6 Å². The molecule has 0 saturated heterocycles. The van der Waals surface area contributed by atoms with Gasteiger partial charge in [-0.05, 0) is 67.0 Å². The van der Waals surface area contributed by atoms with Gasteiger partial charge in [0, 0.05) is 12.1 Å². The molecule has 0 heterocycles. The molecule has 0 atom stereocenters. The minimum Gasteiger partial charge on any atom is -0.494 e. The molecule has 1 amide bonds. The second-order valence-electron chi connectivity index (χ2n) is 6.70. The number of benzene rings is 2. The molecule has 2 N–H and O–H groups in total. The first-order chi connectivity index (χ1) is 14.6. The number of thiocarbonyl (C=S) groups is 1. The third kappa shape index (κ3) is 7.55. The molecule has 30 heavy (non-hydrogen) atoms. The van der Waals surface area contributed by atoms with Crippen molar-refractivity contribution in [3.8, 4) is 17.2 Å². The molecule has 0 saturated carbocycles. The van der Waals surface area contributed by atoms with Crippen LogP contribution in [-0.4, -0.2) is 31.3 Å². The van der Waals surface area contributed by atoms with Gasteiger partial charge < -0.3 is 19.5 Å². The standard InChI is InChI=1S/C23H30N2O4S/c1-4-6-14-29-20-12-7-17(15-21(20)27-3)16-24-23(30)25-22(26)18-8-10-19(11-9-18)28-13-5-2/h7-12,15H,4-6,13-14,16H2,1-3H3,(H2,24,25,26,30). The summed E-state index contributed by atoms with van der Waals surface area (Å²) in [5.41, 5.74) is 1.47. The van der Waals surface area contributed by atoms with E-state index in [4.69, 9.17) is 26.4 Å². The van der Waals surface area contributed by atoms with Gasteiger partial charge in [0.25, 0.3) is 5.91 Å². The van der Waals surface area contributed by atoms with E-state index in [1.165, 1.54) is 0 Å². The van der Waals surface area contributed by atoms with E-state index in [2.05, 4.69) is 17.6 Å². The Morgan fingerprint density at radius 2 is 1.73 bits per heavy atom. The van der Waals surface area contributed by atoms with Gasteiger partial charge in [-0.15, -0.1) is 0 Å². The van der Waals surface area contributed by atoms with Crippen LogP contribution in [0.2, 0.25) is 0 Å². The molecule has 0 spiro atoms. The van der Waals surface area contributed by atoms with Gasteiger partial charge in [-0.3, -0.25) is 10.1 Å². The van der Waals surface area contributed by atoms with Crippen LogP contribution >= 0.6 is 12.2 Å². The van der Waals surface area contributed by atoms with Crippen LogP contribution in [0.25, 0.3) is 0 Å². The minimum atomic E-state index is -0.271. The fourth-order valence-corrected chi connectivity index (χ4v) is 2.76. The molecule has 0 aliphatic heterocycles. The fourth-order valence-electron chi connectivity index (χ4n) is 2.59. The predicted octanol–water partition coefficient (Wildman–Crippen LogP) is 4.47. The molecule has 0 unspecified atom stereocenters. The van der Waals surface area contributed by atoms with Crippen molar-refractivity contribution in [3.05, 3.63) is 53.6 Å². The highest BCUT2D eigenvalue weighted by molar-refractivity contribution is 7.80. The van der Waals surface area contributed by atoms with Crippen LogP contribution in [0, 0.1) is 0 Å². The Morgan fingerprint density at radius 3 is 2.40 bits per heavy atom. The summed E-state index contributed by atoms with van der Waals surface area (Å²) in [6.07, 6.45) is 3.00. The van der Waals surface area contributed by atoms with Crippen molar-refractivity contribution in [2.24, 2.45) is 0 Å². The number of carbonyl (C=O) groups excluding carboxylic acids is 1. The summed E-state index contributed by atoms with van der Waals surface area (Å²) >= 11 is 5.25. The Kier molecular flexibility index (Phi) is 9.94. The van der Waals surface area contributed by atoms with Crippen molar-refractivity contribution in [2.45, 2.75) is 39.7 Å². The lowest BCUT2D eigenvalue weighted by Crippen LogP contribution is -2.38. The van der Waals surface area contributed by atoms with Crippen molar-refractivity contribution < 1.29 is 19.0 Å². The molecule has 6 nitrogen and oxygen atoms in total. The van der Waals surface area contributed by atoms with Crippen LogP contribution < -0.4 is 24.8 Å². The monoisotopic (exact) mass is 430 g/mol. The fraction of sp³-hybridized carbons (Fsp3) is 0.391. The van der Waals surface area contributed by atoms with Gasteiger partial charge in [0.15, 0.2) is 16.6 Å².